The molecule has 11 nitrogen and oxygen atoms in total. The van der Waals surface area contributed by atoms with E-state index in [-0.39, 0.29) is 43.1 Å². The lowest BCUT2D eigenvalue weighted by Gasteiger charge is -2.29. The predicted octanol–water partition coefficient (Wildman–Crippen LogP) is 6.67. The number of thiophene rings is 1. The summed E-state index contributed by atoms with van der Waals surface area (Å²) in [6.07, 6.45) is 7.03. The first-order valence-corrected chi connectivity index (χ1v) is 21.8. The minimum absolute atomic E-state index is 0.00447. The molecule has 1 saturated heterocycles. The normalized spacial score (nSPS) is 26.8. The fraction of sp³-hybridized carbons (Fsp3) is 0.452. The first-order chi connectivity index (χ1) is 27.2. The van der Waals surface area contributed by atoms with Crippen molar-refractivity contribution >= 4 is 66.5 Å². The van der Waals surface area contributed by atoms with E-state index in [0.29, 0.717) is 53.1 Å². The summed E-state index contributed by atoms with van der Waals surface area (Å²) < 4.78 is 63.1. The molecule has 0 bridgehead atoms. The van der Waals surface area contributed by atoms with Crippen LogP contribution in [-0.2, 0) is 24.4 Å². The van der Waals surface area contributed by atoms with Crippen LogP contribution in [0, 0.1) is 29.9 Å². The highest BCUT2D eigenvalue weighted by Crippen LogP contribution is 2.57. The van der Waals surface area contributed by atoms with Gasteiger partial charge >= 0.3 is 0 Å². The van der Waals surface area contributed by atoms with Crippen LogP contribution in [0.1, 0.15) is 85.7 Å². The molecule has 0 radical (unpaired) electrons. The smallest absolute Gasteiger partial charge is 0.262 e. The van der Waals surface area contributed by atoms with Crippen molar-refractivity contribution in [3.8, 4) is 5.88 Å². The summed E-state index contributed by atoms with van der Waals surface area (Å²) in [5.74, 6) is -3.42. The van der Waals surface area contributed by atoms with Gasteiger partial charge in [-0.25, -0.2) is 22.2 Å². The zero-order valence-corrected chi connectivity index (χ0v) is 33.3. The number of carbonyl (C=O) groups excluding carboxylic acids is 4. The quantitative estimate of drug-likeness (QED) is 0.155. The van der Waals surface area contributed by atoms with E-state index < -0.39 is 73.5 Å². The van der Waals surface area contributed by atoms with Crippen LogP contribution in [0.3, 0.4) is 0 Å². The Morgan fingerprint density at radius 2 is 1.74 bits per heavy atom. The second-order valence-corrected chi connectivity index (χ2v) is 19.7. The maximum atomic E-state index is 14.7. The summed E-state index contributed by atoms with van der Waals surface area (Å²) in [4.78, 5) is 64.1. The van der Waals surface area contributed by atoms with Crippen LogP contribution in [0.15, 0.2) is 60.7 Å². The second kappa shape index (κ2) is 14.9. The standard InChI is InChI=1S/C42H44F2N4O7S2/c1-24-10-15-36(56-24)37(50)45-32-9-7-5-3-4-6-8-25-21-42(25,40(52)47-57(53,54)41(2)16-17-41)22-35(49)34-20-28(23-48(34)39(32)51)55-38-30-14-12-26(43)18-31(30)29-13-11-27(44)19-33(29)46-38/h6,8,10-15,18-19,25,28,32,34H,3-5,7,9,16-17,20-23H2,1-2H3,(H,45,50)(H,47,52)/b8-6-/t25-,28-,32+,34+,42-/m1/s1. The zero-order chi connectivity index (χ0) is 40.3. The van der Waals surface area contributed by atoms with Gasteiger partial charge in [0.25, 0.3) is 5.91 Å². The number of allylic oxidation sites excluding steroid dienone is 2. The number of fused-ring (bicyclic) bond motifs is 5. The average Bonchev–Trinajstić information content (AvgIpc) is 3.96. The summed E-state index contributed by atoms with van der Waals surface area (Å²) in [6.45, 7) is 3.38. The monoisotopic (exact) mass is 818 g/mol. The minimum atomic E-state index is -3.99. The number of ketones is 1. The van der Waals surface area contributed by atoms with Gasteiger partial charge in [0.05, 0.1) is 33.1 Å². The van der Waals surface area contributed by atoms with E-state index in [9.17, 15) is 36.4 Å². The number of Topliss-reactive ketones (excluding diaryl/α,β-unsaturated/α-hetero) is 1. The molecule has 15 heteroatoms. The highest BCUT2D eigenvalue weighted by atomic mass is 32.2. The van der Waals surface area contributed by atoms with Crippen molar-refractivity contribution in [2.24, 2.45) is 11.3 Å². The average molecular weight is 819 g/mol. The molecular formula is C42H44F2N4O7S2. The molecule has 5 atom stereocenters. The zero-order valence-electron chi connectivity index (χ0n) is 31.7. The van der Waals surface area contributed by atoms with Crippen molar-refractivity contribution in [2.45, 2.75) is 101 Å². The van der Waals surface area contributed by atoms with Crippen LogP contribution in [0.2, 0.25) is 0 Å². The van der Waals surface area contributed by atoms with Gasteiger partial charge in [-0.15, -0.1) is 11.3 Å². The number of rotatable bonds is 7. The topological polar surface area (TPSA) is 152 Å². The first kappa shape index (κ1) is 39.1. The van der Waals surface area contributed by atoms with Crippen molar-refractivity contribution in [2.75, 3.05) is 6.54 Å². The molecule has 57 heavy (non-hydrogen) atoms. The van der Waals surface area contributed by atoms with Gasteiger partial charge in [-0.3, -0.25) is 23.9 Å². The fourth-order valence-corrected chi connectivity index (χ4v) is 10.3. The molecule has 0 spiro atoms. The van der Waals surface area contributed by atoms with Gasteiger partial charge in [-0.05, 0) is 106 Å². The van der Waals surface area contributed by atoms with Crippen molar-refractivity contribution < 1.29 is 41.1 Å². The largest absolute Gasteiger partial charge is 0.472 e. The van der Waals surface area contributed by atoms with E-state index in [2.05, 4.69) is 15.0 Å². The van der Waals surface area contributed by atoms with E-state index in [1.165, 1.54) is 52.6 Å². The van der Waals surface area contributed by atoms with Crippen LogP contribution in [0.25, 0.3) is 21.7 Å². The number of nitrogens with zero attached hydrogens (tertiary/aromatic N) is 2. The van der Waals surface area contributed by atoms with Crippen LogP contribution < -0.4 is 14.8 Å². The van der Waals surface area contributed by atoms with Gasteiger partial charge in [-0.1, -0.05) is 25.0 Å². The van der Waals surface area contributed by atoms with E-state index >= 15 is 0 Å². The number of carbonyl (C=O) groups is 4. The molecule has 2 aromatic carbocycles. The number of nitrogens with one attached hydrogen (secondary N) is 2. The highest BCUT2D eigenvalue weighted by Gasteiger charge is 2.62. The lowest BCUT2D eigenvalue weighted by molar-refractivity contribution is -0.140. The third-order valence-electron chi connectivity index (χ3n) is 12.1. The van der Waals surface area contributed by atoms with Gasteiger partial charge < -0.3 is 15.0 Å². The van der Waals surface area contributed by atoms with Gasteiger partial charge in [0, 0.05) is 34.6 Å². The molecule has 0 unspecified atom stereocenters. The molecule has 2 saturated carbocycles. The molecule has 2 aromatic heterocycles. The Labute approximate surface area is 333 Å². The number of halogens is 2. The SMILES string of the molecule is Cc1ccc(C(=O)N[C@H]2CCCCC/C=C\[C@@H]3C[C@@]3(C(=O)NS(=O)(=O)C3(C)CC3)CC(=O)[C@@H]3C[C@@H](Oc4nc5cc(F)ccc5c5cc(F)ccc45)CN3C2=O)s1. The Morgan fingerprint density at radius 1 is 0.982 bits per heavy atom. The van der Waals surface area contributed by atoms with Crippen LogP contribution in [-0.4, -0.2) is 71.3 Å². The molecule has 3 amide bonds. The van der Waals surface area contributed by atoms with Crippen LogP contribution >= 0.6 is 11.3 Å². The number of pyridine rings is 1. The second-order valence-electron chi connectivity index (χ2n) is 16.2. The van der Waals surface area contributed by atoms with E-state index in [0.717, 1.165) is 17.7 Å². The predicted molar refractivity (Wildman–Crippen MR) is 211 cm³/mol. The van der Waals surface area contributed by atoms with Crippen molar-refractivity contribution in [3.05, 3.63) is 82.1 Å². The molecule has 2 N–H and O–H groups in total. The van der Waals surface area contributed by atoms with Gasteiger partial charge in [0.2, 0.25) is 27.7 Å². The molecule has 2 aliphatic carbocycles. The lowest BCUT2D eigenvalue weighted by atomic mass is 9.91. The third kappa shape index (κ3) is 7.67. The fourth-order valence-electron chi connectivity index (χ4n) is 8.24. The molecule has 2 aliphatic heterocycles. The number of amides is 3. The Hall–Kier alpha value is -4.76. The number of benzene rings is 2. The van der Waals surface area contributed by atoms with Crippen molar-refractivity contribution in [1.82, 2.24) is 19.9 Å². The van der Waals surface area contributed by atoms with Gasteiger partial charge in [0.1, 0.15) is 23.8 Å². The van der Waals surface area contributed by atoms with Gasteiger partial charge in [0.15, 0.2) is 5.78 Å². The molecule has 300 valence electrons. The lowest BCUT2D eigenvalue weighted by Crippen LogP contribution is -2.52. The van der Waals surface area contributed by atoms with Gasteiger partial charge in [-0.2, -0.15) is 0 Å². The number of hydrogen-bond donors (Lipinski definition) is 2. The molecule has 3 fully saturated rings. The van der Waals surface area contributed by atoms with E-state index in [1.807, 2.05) is 25.1 Å². The maximum Gasteiger partial charge on any atom is 0.262 e. The molecular weight excluding hydrogens is 775 g/mol. The van der Waals surface area contributed by atoms with Crippen LogP contribution in [0.4, 0.5) is 8.78 Å². The number of aryl methyl sites for hydroxylation is 1. The summed E-state index contributed by atoms with van der Waals surface area (Å²) in [5.41, 5.74) is -1.10. The van der Waals surface area contributed by atoms with Crippen molar-refractivity contribution in [3.63, 3.8) is 0 Å². The third-order valence-corrected chi connectivity index (χ3v) is 15.2. The Bertz CT molecular complexity index is 2450. The Morgan fingerprint density at radius 3 is 2.47 bits per heavy atom. The Kier molecular flexibility index (Phi) is 10.2. The number of aromatic nitrogens is 1. The van der Waals surface area contributed by atoms with Crippen LogP contribution in [0.5, 0.6) is 5.88 Å². The number of ether oxygens (including phenoxy) is 1. The summed E-state index contributed by atoms with van der Waals surface area (Å²) in [6, 6.07) is 9.53. The maximum absolute atomic E-state index is 14.7. The molecule has 4 heterocycles. The number of sulfonamides is 1. The summed E-state index contributed by atoms with van der Waals surface area (Å²) in [7, 11) is -3.99. The molecule has 4 aliphatic rings. The van der Waals surface area contributed by atoms with Crippen molar-refractivity contribution in [1.29, 1.82) is 0 Å². The summed E-state index contributed by atoms with van der Waals surface area (Å²) >= 11 is 1.30. The number of hydrogen-bond acceptors (Lipinski definition) is 9. The van der Waals surface area contributed by atoms with E-state index in [1.54, 1.807) is 13.0 Å². The summed E-state index contributed by atoms with van der Waals surface area (Å²) in [5, 5.41) is 4.33. The highest BCUT2D eigenvalue weighted by molar-refractivity contribution is 7.91. The first-order valence-electron chi connectivity index (χ1n) is 19.5. The Balaban J connectivity index is 1.14. The minimum Gasteiger partial charge on any atom is -0.472 e. The molecule has 8 rings (SSSR count). The van der Waals surface area contributed by atoms with E-state index in [4.69, 9.17) is 4.74 Å². The molecule has 4 aromatic rings.